The number of thiophene rings is 1. The predicted molar refractivity (Wildman–Crippen MR) is 104 cm³/mol. The summed E-state index contributed by atoms with van der Waals surface area (Å²) in [5.74, 6) is 0. The van der Waals surface area contributed by atoms with Gasteiger partial charge in [0.05, 0.1) is 17.7 Å². The van der Waals surface area contributed by atoms with E-state index in [9.17, 15) is 9.59 Å². The maximum absolute atomic E-state index is 13.0. The quantitative estimate of drug-likeness (QED) is 0.712. The highest BCUT2D eigenvalue weighted by atomic mass is 32.1. The summed E-state index contributed by atoms with van der Waals surface area (Å²) in [7, 11) is 1.75. The van der Waals surface area contributed by atoms with Crippen molar-refractivity contribution in [3.63, 3.8) is 0 Å². The van der Waals surface area contributed by atoms with Gasteiger partial charge in [-0.2, -0.15) is 0 Å². The Morgan fingerprint density at radius 3 is 2.65 bits per heavy atom. The Kier molecular flexibility index (Phi) is 4.12. The molecular formula is C20H22N2O3S. The van der Waals surface area contributed by atoms with Gasteiger partial charge in [-0.05, 0) is 25.8 Å². The molecule has 0 saturated heterocycles. The third-order valence-electron chi connectivity index (χ3n) is 5.02. The molecule has 1 aliphatic heterocycles. The van der Waals surface area contributed by atoms with Crippen LogP contribution in [0.3, 0.4) is 0 Å². The van der Waals surface area contributed by atoms with Gasteiger partial charge in [0.15, 0.2) is 0 Å². The van der Waals surface area contributed by atoms with Crippen molar-refractivity contribution in [1.29, 1.82) is 0 Å². The SMILES string of the molecule is Cn1c(=O)n(CCc2ccccc2)c(=O)c2sc3c(c21)COC(C)(C)C3. The molecule has 6 heteroatoms. The third-order valence-corrected chi connectivity index (χ3v) is 6.23. The molecule has 5 nitrogen and oxygen atoms in total. The van der Waals surface area contributed by atoms with E-state index in [1.807, 2.05) is 30.3 Å². The number of nitrogens with zero attached hydrogens (tertiary/aromatic N) is 2. The molecule has 1 aliphatic rings. The van der Waals surface area contributed by atoms with E-state index in [0.717, 1.165) is 27.9 Å². The van der Waals surface area contributed by atoms with Crippen molar-refractivity contribution < 1.29 is 4.74 Å². The van der Waals surface area contributed by atoms with Gasteiger partial charge in [0.1, 0.15) is 4.70 Å². The van der Waals surface area contributed by atoms with Gasteiger partial charge in [-0.1, -0.05) is 30.3 Å². The molecule has 0 unspecified atom stereocenters. The number of hydrogen-bond acceptors (Lipinski definition) is 4. The smallest absolute Gasteiger partial charge is 0.331 e. The molecule has 2 aromatic heterocycles. The monoisotopic (exact) mass is 370 g/mol. The second kappa shape index (κ2) is 6.21. The van der Waals surface area contributed by atoms with Gasteiger partial charge in [-0.15, -0.1) is 11.3 Å². The lowest BCUT2D eigenvalue weighted by molar-refractivity contribution is -0.0384. The topological polar surface area (TPSA) is 53.2 Å². The van der Waals surface area contributed by atoms with Gasteiger partial charge in [-0.25, -0.2) is 4.79 Å². The van der Waals surface area contributed by atoms with Crippen LogP contribution in [0.5, 0.6) is 0 Å². The first-order valence-corrected chi connectivity index (χ1v) is 9.61. The maximum atomic E-state index is 13.0. The van der Waals surface area contributed by atoms with Crippen LogP contribution in [0.2, 0.25) is 0 Å². The van der Waals surface area contributed by atoms with Crippen LogP contribution in [0, 0.1) is 0 Å². The molecule has 3 aromatic rings. The first-order valence-electron chi connectivity index (χ1n) is 8.79. The molecule has 0 N–H and O–H groups in total. The second-order valence-corrected chi connectivity index (χ2v) is 8.55. The largest absolute Gasteiger partial charge is 0.370 e. The maximum Gasteiger partial charge on any atom is 0.331 e. The Bertz CT molecular complexity index is 1090. The molecule has 0 saturated carbocycles. The van der Waals surface area contributed by atoms with Gasteiger partial charge in [-0.3, -0.25) is 13.9 Å². The Morgan fingerprint density at radius 1 is 1.19 bits per heavy atom. The van der Waals surface area contributed by atoms with Crippen molar-refractivity contribution in [2.75, 3.05) is 0 Å². The fourth-order valence-electron chi connectivity index (χ4n) is 3.57. The lowest BCUT2D eigenvalue weighted by atomic mass is 9.98. The molecular weight excluding hydrogens is 348 g/mol. The number of rotatable bonds is 3. The average molecular weight is 370 g/mol. The Labute approximate surface area is 155 Å². The number of aromatic nitrogens is 2. The number of hydrogen-bond donors (Lipinski definition) is 0. The van der Waals surface area contributed by atoms with Crippen LogP contribution in [-0.2, 0) is 37.8 Å². The van der Waals surface area contributed by atoms with Gasteiger partial charge in [0, 0.05) is 30.5 Å². The van der Waals surface area contributed by atoms with Crippen LogP contribution in [0.25, 0.3) is 10.2 Å². The second-order valence-electron chi connectivity index (χ2n) is 7.44. The standard InChI is InChI=1S/C20H22N2O3S/c1-20(2)11-15-14(12-25-20)16-17(26-15)18(23)22(19(24)21(16)3)10-9-13-7-5-4-6-8-13/h4-8H,9-12H2,1-3H3. The van der Waals surface area contributed by atoms with Crippen LogP contribution >= 0.6 is 11.3 Å². The van der Waals surface area contributed by atoms with Crippen LogP contribution in [0.1, 0.15) is 29.9 Å². The van der Waals surface area contributed by atoms with Crippen molar-refractivity contribution in [1.82, 2.24) is 9.13 Å². The minimum absolute atomic E-state index is 0.184. The van der Waals surface area contributed by atoms with Gasteiger partial charge >= 0.3 is 5.69 Å². The van der Waals surface area contributed by atoms with E-state index in [2.05, 4.69) is 13.8 Å². The summed E-state index contributed by atoms with van der Waals surface area (Å²) < 4.78 is 9.54. The summed E-state index contributed by atoms with van der Waals surface area (Å²) in [6.45, 7) is 4.94. The summed E-state index contributed by atoms with van der Waals surface area (Å²) in [6.07, 6.45) is 1.42. The van der Waals surface area contributed by atoms with Crippen molar-refractivity contribution in [3.8, 4) is 0 Å². The van der Waals surface area contributed by atoms with E-state index in [1.165, 1.54) is 15.9 Å². The minimum atomic E-state index is -0.260. The molecule has 0 bridgehead atoms. The van der Waals surface area contributed by atoms with Crippen molar-refractivity contribution in [2.45, 2.75) is 45.4 Å². The lowest BCUT2D eigenvalue weighted by Crippen LogP contribution is -2.39. The van der Waals surface area contributed by atoms with Gasteiger partial charge in [0.2, 0.25) is 0 Å². The van der Waals surface area contributed by atoms with Crippen molar-refractivity contribution in [3.05, 3.63) is 67.2 Å². The molecule has 0 spiro atoms. The highest BCUT2D eigenvalue weighted by Crippen LogP contribution is 2.36. The lowest BCUT2D eigenvalue weighted by Gasteiger charge is -2.29. The zero-order chi connectivity index (χ0) is 18.5. The van der Waals surface area contributed by atoms with Gasteiger partial charge < -0.3 is 4.74 Å². The highest BCUT2D eigenvalue weighted by Gasteiger charge is 2.31. The highest BCUT2D eigenvalue weighted by molar-refractivity contribution is 7.19. The third kappa shape index (κ3) is 2.83. The minimum Gasteiger partial charge on any atom is -0.370 e. The Morgan fingerprint density at radius 2 is 1.92 bits per heavy atom. The molecule has 136 valence electrons. The normalized spacial score (nSPS) is 16.0. The summed E-state index contributed by atoms with van der Waals surface area (Å²) in [5, 5.41) is 0. The zero-order valence-corrected chi connectivity index (χ0v) is 16.1. The molecule has 0 aliphatic carbocycles. The molecule has 1 aromatic carbocycles. The fraction of sp³-hybridized carbons (Fsp3) is 0.400. The van der Waals surface area contributed by atoms with E-state index < -0.39 is 0 Å². The number of fused-ring (bicyclic) bond motifs is 3. The Balaban J connectivity index is 1.81. The molecule has 0 amide bonds. The van der Waals surface area contributed by atoms with Crippen molar-refractivity contribution >= 4 is 21.6 Å². The molecule has 0 radical (unpaired) electrons. The summed E-state index contributed by atoms with van der Waals surface area (Å²) in [4.78, 5) is 27.0. The zero-order valence-electron chi connectivity index (χ0n) is 15.2. The van der Waals surface area contributed by atoms with E-state index in [0.29, 0.717) is 24.3 Å². The number of benzene rings is 1. The van der Waals surface area contributed by atoms with E-state index in [4.69, 9.17) is 4.74 Å². The predicted octanol–water partition coefficient (Wildman–Crippen LogP) is 2.86. The van der Waals surface area contributed by atoms with Crippen LogP contribution in [-0.4, -0.2) is 14.7 Å². The molecule has 0 atom stereocenters. The first kappa shape index (κ1) is 17.2. The van der Waals surface area contributed by atoms with Crippen LogP contribution < -0.4 is 11.2 Å². The first-order chi connectivity index (χ1) is 12.4. The fourth-order valence-corrected chi connectivity index (χ4v) is 5.07. The van der Waals surface area contributed by atoms with E-state index >= 15 is 0 Å². The van der Waals surface area contributed by atoms with E-state index in [1.54, 1.807) is 11.6 Å². The number of ether oxygens (including phenoxy) is 1. The molecule has 3 heterocycles. The summed E-state index contributed by atoms with van der Waals surface area (Å²) >= 11 is 1.51. The molecule has 26 heavy (non-hydrogen) atoms. The molecule has 4 rings (SSSR count). The Hall–Kier alpha value is -2.18. The average Bonchev–Trinajstić information content (AvgIpc) is 2.98. The van der Waals surface area contributed by atoms with Gasteiger partial charge in [0.25, 0.3) is 5.56 Å². The van der Waals surface area contributed by atoms with E-state index in [-0.39, 0.29) is 16.9 Å². The van der Waals surface area contributed by atoms with Crippen LogP contribution in [0.15, 0.2) is 39.9 Å². The van der Waals surface area contributed by atoms with Crippen LogP contribution in [0.4, 0.5) is 0 Å². The molecule has 0 fully saturated rings. The summed E-state index contributed by atoms with van der Waals surface area (Å²) in [6, 6.07) is 9.91. The number of aryl methyl sites for hydroxylation is 2. The van der Waals surface area contributed by atoms with Crippen molar-refractivity contribution in [2.24, 2.45) is 7.05 Å². The summed E-state index contributed by atoms with van der Waals surface area (Å²) in [5.41, 5.74) is 2.17.